The van der Waals surface area contributed by atoms with Gasteiger partial charge in [0.2, 0.25) is 0 Å². The van der Waals surface area contributed by atoms with Crippen LogP contribution in [0.25, 0.3) is 0 Å². The highest BCUT2D eigenvalue weighted by atomic mass is 32.2. The molecule has 0 aliphatic heterocycles. The van der Waals surface area contributed by atoms with Crippen LogP contribution >= 0.6 is 0 Å². The fraction of sp³-hybridized carbons (Fsp3) is 1.00. The molecule has 0 saturated heterocycles. The van der Waals surface area contributed by atoms with Gasteiger partial charge in [-0.3, -0.25) is 4.21 Å². The van der Waals surface area contributed by atoms with E-state index in [1.807, 2.05) is 13.8 Å². The lowest BCUT2D eigenvalue weighted by atomic mass is 10.2. The first-order valence-corrected chi connectivity index (χ1v) is 8.09. The molecule has 0 aromatic heterocycles. The van der Waals surface area contributed by atoms with Gasteiger partial charge in [-0.2, -0.15) is 0 Å². The Balaban J connectivity index is 3.60. The number of hydrogen-bond donors (Lipinski definition) is 1. The van der Waals surface area contributed by atoms with Crippen LogP contribution in [0.3, 0.4) is 0 Å². The van der Waals surface area contributed by atoms with E-state index in [4.69, 9.17) is 9.47 Å². The molecule has 4 nitrogen and oxygen atoms in total. The van der Waals surface area contributed by atoms with E-state index in [1.165, 1.54) is 0 Å². The molecular weight excluding hydrogens is 238 g/mol. The monoisotopic (exact) mass is 265 g/mol. The van der Waals surface area contributed by atoms with Crippen LogP contribution in [0.15, 0.2) is 0 Å². The van der Waals surface area contributed by atoms with Gasteiger partial charge < -0.3 is 14.8 Å². The second-order valence-corrected chi connectivity index (χ2v) is 5.60. The van der Waals surface area contributed by atoms with Crippen LogP contribution in [0.2, 0.25) is 0 Å². The van der Waals surface area contributed by atoms with Crippen molar-refractivity contribution in [2.45, 2.75) is 45.9 Å². The molecule has 2 unspecified atom stereocenters. The van der Waals surface area contributed by atoms with Gasteiger partial charge in [0, 0.05) is 55.0 Å². The third kappa shape index (κ3) is 10.9. The summed E-state index contributed by atoms with van der Waals surface area (Å²) in [6.07, 6.45) is 3.43. The number of nitrogens with one attached hydrogen (secondary N) is 1. The van der Waals surface area contributed by atoms with Crippen molar-refractivity contribution in [3.05, 3.63) is 0 Å². The lowest BCUT2D eigenvalue weighted by Gasteiger charge is -2.19. The average molecular weight is 265 g/mol. The standard InChI is InChI=1S/C12H27NO3S/c1-5-15-12(16-6-2)7-9-13-11(3)8-10-17(4)14/h11-13H,5-10H2,1-4H3. The maximum absolute atomic E-state index is 10.9. The van der Waals surface area contributed by atoms with Gasteiger partial charge in [-0.05, 0) is 27.2 Å². The summed E-state index contributed by atoms with van der Waals surface area (Å²) in [6, 6.07) is 0.391. The van der Waals surface area contributed by atoms with E-state index in [1.54, 1.807) is 6.26 Å². The Morgan fingerprint density at radius 3 is 2.24 bits per heavy atom. The van der Waals surface area contributed by atoms with Crippen molar-refractivity contribution >= 4 is 10.8 Å². The molecule has 0 amide bonds. The van der Waals surface area contributed by atoms with Gasteiger partial charge in [0.05, 0.1) is 0 Å². The van der Waals surface area contributed by atoms with E-state index in [-0.39, 0.29) is 6.29 Å². The van der Waals surface area contributed by atoms with Gasteiger partial charge in [-0.1, -0.05) is 0 Å². The SMILES string of the molecule is CCOC(CCNC(C)CCS(C)=O)OCC. The zero-order chi connectivity index (χ0) is 13.1. The molecule has 17 heavy (non-hydrogen) atoms. The van der Waals surface area contributed by atoms with Gasteiger partial charge >= 0.3 is 0 Å². The lowest BCUT2D eigenvalue weighted by Crippen LogP contribution is -2.31. The van der Waals surface area contributed by atoms with Crippen molar-refractivity contribution in [3.63, 3.8) is 0 Å². The quantitative estimate of drug-likeness (QED) is 0.575. The highest BCUT2D eigenvalue weighted by Gasteiger charge is 2.08. The molecule has 0 radical (unpaired) electrons. The summed E-state index contributed by atoms with van der Waals surface area (Å²) in [7, 11) is -0.696. The Kier molecular flexibility index (Phi) is 11.2. The van der Waals surface area contributed by atoms with E-state index < -0.39 is 10.8 Å². The molecule has 0 fully saturated rings. The second-order valence-electron chi connectivity index (χ2n) is 4.05. The average Bonchev–Trinajstić information content (AvgIpc) is 2.27. The van der Waals surface area contributed by atoms with Crippen molar-refractivity contribution in [2.24, 2.45) is 0 Å². The molecular formula is C12H27NO3S. The Morgan fingerprint density at radius 2 is 1.76 bits per heavy atom. The Labute approximate surface area is 108 Å². The molecule has 2 atom stereocenters. The van der Waals surface area contributed by atoms with E-state index in [0.29, 0.717) is 19.3 Å². The number of hydrogen-bond acceptors (Lipinski definition) is 4. The molecule has 0 saturated carbocycles. The summed E-state index contributed by atoms with van der Waals surface area (Å²) < 4.78 is 21.8. The maximum atomic E-state index is 10.9. The molecule has 0 aromatic carbocycles. The van der Waals surface area contributed by atoms with Crippen molar-refractivity contribution in [1.29, 1.82) is 0 Å². The molecule has 0 aliphatic rings. The molecule has 0 bridgehead atoms. The third-order valence-electron chi connectivity index (χ3n) is 2.42. The topological polar surface area (TPSA) is 47.6 Å². The summed E-state index contributed by atoms with van der Waals surface area (Å²) in [5.74, 6) is 0.758. The van der Waals surface area contributed by atoms with Crippen LogP contribution in [-0.2, 0) is 20.3 Å². The Hall–Kier alpha value is 0.0300. The predicted molar refractivity (Wildman–Crippen MR) is 72.7 cm³/mol. The summed E-state index contributed by atoms with van der Waals surface area (Å²) in [5, 5.41) is 3.39. The Morgan fingerprint density at radius 1 is 1.18 bits per heavy atom. The van der Waals surface area contributed by atoms with Crippen LogP contribution in [0.4, 0.5) is 0 Å². The van der Waals surface area contributed by atoms with Crippen LogP contribution < -0.4 is 5.32 Å². The normalized spacial score (nSPS) is 15.1. The van der Waals surface area contributed by atoms with Crippen LogP contribution in [0.1, 0.15) is 33.6 Å². The molecule has 104 valence electrons. The molecule has 0 aliphatic carbocycles. The lowest BCUT2D eigenvalue weighted by molar-refractivity contribution is -0.138. The van der Waals surface area contributed by atoms with Gasteiger partial charge in [0.1, 0.15) is 0 Å². The fourth-order valence-corrected chi connectivity index (χ4v) is 2.16. The summed E-state index contributed by atoms with van der Waals surface area (Å²) in [5.41, 5.74) is 0. The molecule has 1 N–H and O–H groups in total. The summed E-state index contributed by atoms with van der Waals surface area (Å²) >= 11 is 0. The molecule has 0 heterocycles. The third-order valence-corrected chi connectivity index (χ3v) is 3.23. The van der Waals surface area contributed by atoms with E-state index in [2.05, 4.69) is 12.2 Å². The highest BCUT2D eigenvalue weighted by molar-refractivity contribution is 7.84. The first kappa shape index (κ1) is 17.0. The minimum Gasteiger partial charge on any atom is -0.353 e. The van der Waals surface area contributed by atoms with Crippen molar-refractivity contribution < 1.29 is 13.7 Å². The van der Waals surface area contributed by atoms with Crippen LogP contribution in [0.5, 0.6) is 0 Å². The van der Waals surface area contributed by atoms with Gasteiger partial charge in [0.25, 0.3) is 0 Å². The minimum absolute atomic E-state index is 0.106. The Bertz CT molecular complexity index is 196. The predicted octanol–water partition coefficient (Wildman–Crippen LogP) is 1.52. The maximum Gasteiger partial charge on any atom is 0.158 e. The molecule has 0 aromatic rings. The number of rotatable bonds is 11. The van der Waals surface area contributed by atoms with E-state index in [9.17, 15) is 4.21 Å². The van der Waals surface area contributed by atoms with Crippen LogP contribution in [0, 0.1) is 0 Å². The molecule has 5 heteroatoms. The molecule has 0 rings (SSSR count). The van der Waals surface area contributed by atoms with Gasteiger partial charge in [0.15, 0.2) is 6.29 Å². The minimum atomic E-state index is -0.696. The van der Waals surface area contributed by atoms with Gasteiger partial charge in [-0.25, -0.2) is 0 Å². The smallest absolute Gasteiger partial charge is 0.158 e. The zero-order valence-electron chi connectivity index (χ0n) is 11.5. The fourth-order valence-electron chi connectivity index (χ4n) is 1.48. The highest BCUT2D eigenvalue weighted by Crippen LogP contribution is 2.01. The summed E-state index contributed by atoms with van der Waals surface area (Å²) in [4.78, 5) is 0. The van der Waals surface area contributed by atoms with Crippen LogP contribution in [-0.4, -0.2) is 48.3 Å². The largest absolute Gasteiger partial charge is 0.353 e. The van der Waals surface area contributed by atoms with Crippen molar-refractivity contribution in [3.8, 4) is 0 Å². The zero-order valence-corrected chi connectivity index (χ0v) is 12.3. The van der Waals surface area contributed by atoms with Gasteiger partial charge in [-0.15, -0.1) is 0 Å². The number of ether oxygens (including phenoxy) is 2. The van der Waals surface area contributed by atoms with E-state index >= 15 is 0 Å². The summed E-state index contributed by atoms with van der Waals surface area (Å²) in [6.45, 7) is 8.27. The van der Waals surface area contributed by atoms with Crippen molar-refractivity contribution in [2.75, 3.05) is 31.8 Å². The second kappa shape index (κ2) is 11.1. The van der Waals surface area contributed by atoms with E-state index in [0.717, 1.165) is 25.1 Å². The molecule has 0 spiro atoms. The van der Waals surface area contributed by atoms with Crippen molar-refractivity contribution in [1.82, 2.24) is 5.32 Å². The first-order valence-electron chi connectivity index (χ1n) is 6.36. The first-order chi connectivity index (χ1) is 8.10.